The quantitative estimate of drug-likeness (QED) is 0.0574. The number of hydrogen-bond donors (Lipinski definition) is 6. The van der Waals surface area contributed by atoms with Crippen LogP contribution in [0, 0.1) is 17.8 Å². The average Bonchev–Trinajstić information content (AvgIpc) is 3.35. The van der Waals surface area contributed by atoms with Gasteiger partial charge in [0.25, 0.3) is 0 Å². The van der Waals surface area contributed by atoms with Crippen molar-refractivity contribution in [3.05, 3.63) is 45.7 Å². The van der Waals surface area contributed by atoms with Crippen molar-refractivity contribution in [2.75, 3.05) is 60.5 Å². The highest BCUT2D eigenvalue weighted by Gasteiger charge is 2.58. The fraction of sp³-hybridized carbons (Fsp3) is 0.750. The molecule has 4 heterocycles. The van der Waals surface area contributed by atoms with E-state index in [-0.39, 0.29) is 55.5 Å². The van der Waals surface area contributed by atoms with Gasteiger partial charge in [-0.05, 0) is 105 Å². The standard InChI is InChI=1S/C52H81N5O17/c1-27-25-51(6,68-12)47(74-50-43(60)36(55(7)8)22-28(2)69-50)29(3)44(30(4)49(64)71-38-17-19-52(38,65)46(61)41(27)54-66)73-40-24-37(67-11)45(31(5)70-40)72-39(58)18-21-53-20-13-14-32-15-16-35-33(23-32)42(59)34(48(62)63)26-57(35)56(9)10/h15-16,23,26-31,36-38,40,43-47,50,53,60-61,65-66H,13-14,17-22,24-25H2,1-12H3,(H,62,63)/b54-41+/t27-,28-,29+,30-,31+,36+,37-,38-,40+,43-,44+,45+,46-,47-,50+,51-,52-/m1/s1. The molecule has 1 saturated carbocycles. The first-order chi connectivity index (χ1) is 34.9. The Labute approximate surface area is 433 Å². The summed E-state index contributed by atoms with van der Waals surface area (Å²) in [5.41, 5.74) is -2.79. The number of ether oxygens (including phenoxy) is 8. The number of aromatic carboxylic acids is 1. The maximum Gasteiger partial charge on any atom is 0.341 e. The van der Waals surface area contributed by atoms with Gasteiger partial charge in [-0.1, -0.05) is 25.1 Å². The number of aromatic nitrogens is 1. The zero-order valence-electron chi connectivity index (χ0n) is 45.0. The molecule has 22 heteroatoms. The van der Waals surface area contributed by atoms with E-state index in [1.807, 2.05) is 38.9 Å². The molecule has 0 bridgehead atoms. The number of oxime groups is 1. The van der Waals surface area contributed by atoms with Crippen molar-refractivity contribution in [2.45, 2.75) is 178 Å². The third-order valence-electron chi connectivity index (χ3n) is 15.7. The van der Waals surface area contributed by atoms with Crippen molar-refractivity contribution in [1.29, 1.82) is 0 Å². The van der Waals surface area contributed by atoms with E-state index in [2.05, 4.69) is 10.5 Å². The number of nitrogens with one attached hydrogen (secondary N) is 1. The van der Waals surface area contributed by atoms with Crippen molar-refractivity contribution in [3.63, 3.8) is 0 Å². The topological polar surface area (TPSA) is 279 Å². The molecule has 4 aliphatic rings. The third-order valence-corrected chi connectivity index (χ3v) is 15.7. The van der Waals surface area contributed by atoms with E-state index >= 15 is 0 Å². The number of aryl methyl sites for hydroxylation is 1. The number of rotatable bonds is 17. The zero-order valence-corrected chi connectivity index (χ0v) is 45.0. The van der Waals surface area contributed by atoms with Crippen LogP contribution in [0.4, 0.5) is 0 Å². The highest BCUT2D eigenvalue weighted by molar-refractivity contribution is 5.93. The van der Waals surface area contributed by atoms with Gasteiger partial charge in [-0.15, -0.1) is 0 Å². The SMILES string of the molecule is CO[C@@H]1C[C@H](O[C@H]2[C@H](C)[C@@H](O[C@@H]3O[C@H](C)C[C@H](N(C)C)[C@H]3O)[C@](C)(OC)C[C@@H](C)/C(=N\O)[C@@H](O)[C@@]3(O)CC[C@H]3OC(=O)[C@@H]2C)O[C@@H](C)[C@@H]1OC(=O)CCNCCCc1ccc2c(c1)c(=O)c(C(=O)O)cn2N(C)C. The van der Waals surface area contributed by atoms with Crippen LogP contribution in [0.25, 0.3) is 10.9 Å². The second-order valence-electron chi connectivity index (χ2n) is 21.4. The number of fused-ring (bicyclic) bond motifs is 2. The maximum absolute atomic E-state index is 14.3. The highest BCUT2D eigenvalue weighted by Crippen LogP contribution is 2.44. The molecule has 416 valence electrons. The third kappa shape index (κ3) is 12.7. The Morgan fingerprint density at radius 1 is 0.986 bits per heavy atom. The minimum atomic E-state index is -1.94. The zero-order chi connectivity index (χ0) is 54.6. The number of hydrogen-bond acceptors (Lipinski definition) is 20. The molecule has 17 atom stereocenters. The summed E-state index contributed by atoms with van der Waals surface area (Å²) in [7, 11) is 10.2. The molecule has 4 fully saturated rings. The number of nitrogens with zero attached hydrogens (tertiary/aromatic N) is 4. The number of benzene rings is 1. The van der Waals surface area contributed by atoms with Crippen molar-refractivity contribution in [3.8, 4) is 0 Å². The lowest BCUT2D eigenvalue weighted by Crippen LogP contribution is -2.64. The lowest BCUT2D eigenvalue weighted by molar-refractivity contribution is -0.313. The number of methoxy groups -OCH3 is 2. The van der Waals surface area contributed by atoms with Crippen LogP contribution in [0.3, 0.4) is 0 Å². The van der Waals surface area contributed by atoms with Gasteiger partial charge in [0.1, 0.15) is 35.6 Å². The maximum atomic E-state index is 14.3. The summed E-state index contributed by atoms with van der Waals surface area (Å²) < 4.78 is 52.2. The van der Waals surface area contributed by atoms with Crippen molar-refractivity contribution < 1.29 is 77.9 Å². The van der Waals surface area contributed by atoms with Crippen LogP contribution in [0.15, 0.2) is 34.3 Å². The number of aliphatic hydroxyl groups is 3. The smallest absolute Gasteiger partial charge is 0.341 e. The number of likely N-dealkylation sites (N-methyl/N-ethyl adjacent to an activating group) is 1. The molecule has 1 aromatic heterocycles. The molecule has 1 aromatic carbocycles. The minimum Gasteiger partial charge on any atom is -0.477 e. The van der Waals surface area contributed by atoms with Gasteiger partial charge in [-0.2, -0.15) is 0 Å². The lowest BCUT2D eigenvalue weighted by Gasteiger charge is -2.49. The largest absolute Gasteiger partial charge is 0.477 e. The van der Waals surface area contributed by atoms with Crippen LogP contribution in [0.2, 0.25) is 0 Å². The predicted molar refractivity (Wildman–Crippen MR) is 270 cm³/mol. The normalized spacial score (nSPS) is 36.7. The van der Waals surface area contributed by atoms with Crippen LogP contribution < -0.4 is 15.8 Å². The van der Waals surface area contributed by atoms with Gasteiger partial charge in [-0.25, -0.2) is 4.79 Å². The van der Waals surface area contributed by atoms with Crippen LogP contribution in [0.5, 0.6) is 0 Å². The fourth-order valence-electron chi connectivity index (χ4n) is 11.2. The number of carbonyl (C=O) groups excluding carboxylic acids is 2. The van der Waals surface area contributed by atoms with Gasteiger partial charge in [0.2, 0.25) is 5.43 Å². The summed E-state index contributed by atoms with van der Waals surface area (Å²) in [6, 6.07) is 5.10. The highest BCUT2D eigenvalue weighted by atomic mass is 16.7. The fourth-order valence-corrected chi connectivity index (χ4v) is 11.2. The van der Waals surface area contributed by atoms with E-state index in [4.69, 9.17) is 37.9 Å². The van der Waals surface area contributed by atoms with E-state index in [1.54, 1.807) is 63.6 Å². The molecule has 22 nitrogen and oxygen atoms in total. The Bertz CT molecular complexity index is 2350. The number of aliphatic hydroxyl groups excluding tert-OH is 2. The molecule has 0 unspecified atom stereocenters. The number of pyridine rings is 1. The van der Waals surface area contributed by atoms with Gasteiger partial charge < -0.3 is 78.8 Å². The molecule has 74 heavy (non-hydrogen) atoms. The number of carbonyl (C=O) groups is 3. The Balaban J connectivity index is 1.15. The van der Waals surface area contributed by atoms with Gasteiger partial charge in [0, 0.05) is 70.7 Å². The molecule has 0 amide bonds. The predicted octanol–water partition coefficient (Wildman–Crippen LogP) is 2.41. The Morgan fingerprint density at radius 2 is 1.70 bits per heavy atom. The molecule has 1 aliphatic carbocycles. The molecule has 0 radical (unpaired) electrons. The molecule has 6 N–H and O–H groups in total. The molecular weight excluding hydrogens is 967 g/mol. The lowest BCUT2D eigenvalue weighted by atomic mass is 9.69. The summed E-state index contributed by atoms with van der Waals surface area (Å²) in [6.07, 6.45) is -7.14. The van der Waals surface area contributed by atoms with E-state index in [0.29, 0.717) is 43.3 Å². The minimum absolute atomic E-state index is 0.0430. The first kappa shape index (κ1) is 58.9. The first-order valence-electron chi connectivity index (χ1n) is 25.8. The number of esters is 2. The van der Waals surface area contributed by atoms with E-state index < -0.39 is 114 Å². The van der Waals surface area contributed by atoms with Crippen LogP contribution in [-0.4, -0.2) is 199 Å². The molecule has 6 rings (SSSR count). The van der Waals surface area contributed by atoms with Crippen LogP contribution in [0.1, 0.15) is 102 Å². The van der Waals surface area contributed by atoms with Gasteiger partial charge in [0.05, 0.1) is 53.6 Å². The monoisotopic (exact) mass is 1050 g/mol. The number of carboxylic acids is 1. The number of carboxylic acid groups (broad SMARTS) is 1. The average molecular weight is 1050 g/mol. The van der Waals surface area contributed by atoms with Gasteiger partial charge in [0.15, 0.2) is 18.7 Å². The molecular formula is C52H81N5O17. The first-order valence-corrected chi connectivity index (χ1v) is 25.8. The second kappa shape index (κ2) is 24.8. The summed E-state index contributed by atoms with van der Waals surface area (Å²) >= 11 is 0. The van der Waals surface area contributed by atoms with E-state index in [0.717, 1.165) is 5.56 Å². The summed E-state index contributed by atoms with van der Waals surface area (Å²) in [5.74, 6) is -5.08. The Morgan fingerprint density at radius 3 is 2.31 bits per heavy atom. The van der Waals surface area contributed by atoms with E-state index in [9.17, 15) is 44.8 Å². The second-order valence-corrected chi connectivity index (χ2v) is 21.4. The molecule has 3 aliphatic heterocycles. The van der Waals surface area contributed by atoms with Gasteiger partial charge >= 0.3 is 17.9 Å². The van der Waals surface area contributed by atoms with Crippen molar-refractivity contribution in [2.24, 2.45) is 22.9 Å². The van der Waals surface area contributed by atoms with Crippen LogP contribution >= 0.6 is 0 Å². The molecule has 2 aromatic rings. The molecule has 3 saturated heterocycles. The van der Waals surface area contributed by atoms with Crippen molar-refractivity contribution >= 4 is 34.5 Å². The van der Waals surface area contributed by atoms with E-state index in [1.165, 1.54) is 20.4 Å². The summed E-state index contributed by atoms with van der Waals surface area (Å²) in [4.78, 5) is 54.4. The van der Waals surface area contributed by atoms with Crippen LogP contribution in [-0.2, 0) is 53.9 Å². The summed E-state index contributed by atoms with van der Waals surface area (Å²) in [5, 5.41) is 63.7. The Kier molecular flexibility index (Phi) is 19.7. The van der Waals surface area contributed by atoms with Crippen molar-refractivity contribution in [1.82, 2.24) is 14.9 Å². The summed E-state index contributed by atoms with van der Waals surface area (Å²) in [6.45, 7) is 11.4. The Hall–Kier alpha value is -4.33. The molecule has 0 spiro atoms. The van der Waals surface area contributed by atoms with Gasteiger partial charge in [-0.3, -0.25) is 19.1 Å².